The zero-order valence-electron chi connectivity index (χ0n) is 12.0. The van der Waals surface area contributed by atoms with Gasteiger partial charge in [0, 0.05) is 0 Å². The molecule has 8 N–H and O–H groups in total. The van der Waals surface area contributed by atoms with Crippen LogP contribution < -0.4 is 0 Å². The summed E-state index contributed by atoms with van der Waals surface area (Å²) in [5.41, 5.74) is 0. The van der Waals surface area contributed by atoms with Gasteiger partial charge in [0.15, 0.2) is 12.6 Å². The molecule has 2 heterocycles. The normalized spacial score (nSPS) is 51.7. The summed E-state index contributed by atoms with van der Waals surface area (Å²) in [6, 6.07) is 0. The summed E-state index contributed by atoms with van der Waals surface area (Å²) < 4.78 is 15.3. The summed E-state index contributed by atoms with van der Waals surface area (Å²) in [6.07, 6.45) is -15.6. The van der Waals surface area contributed by atoms with Gasteiger partial charge >= 0.3 is 0 Å². The van der Waals surface area contributed by atoms with Crippen LogP contribution in [-0.2, 0) is 14.2 Å². The lowest BCUT2D eigenvalue weighted by Gasteiger charge is -2.45. The molecule has 11 nitrogen and oxygen atoms in total. The second kappa shape index (κ2) is 7.63. The molecule has 2 aliphatic rings. The lowest BCUT2D eigenvalue weighted by atomic mass is 9.97. The molecule has 2 saturated heterocycles. The summed E-state index contributed by atoms with van der Waals surface area (Å²) in [5, 5.41) is 76.5. The van der Waals surface area contributed by atoms with Crippen molar-refractivity contribution >= 4 is 0 Å². The van der Waals surface area contributed by atoms with Crippen molar-refractivity contribution in [2.45, 2.75) is 61.4 Å². The van der Waals surface area contributed by atoms with Gasteiger partial charge in [0.2, 0.25) is 0 Å². The average Bonchev–Trinajstić information content (AvgIpc) is 2.55. The second-order valence-electron chi connectivity index (χ2n) is 5.53. The summed E-state index contributed by atoms with van der Waals surface area (Å²) in [4.78, 5) is 0. The Morgan fingerprint density at radius 3 is 1.83 bits per heavy atom. The molecule has 2 fully saturated rings. The Morgan fingerprint density at radius 2 is 1.26 bits per heavy atom. The van der Waals surface area contributed by atoms with E-state index in [1.807, 2.05) is 0 Å². The fourth-order valence-electron chi connectivity index (χ4n) is 2.57. The molecular weight excluding hydrogens is 320 g/mol. The molecule has 0 bridgehead atoms. The van der Waals surface area contributed by atoms with Gasteiger partial charge in [-0.3, -0.25) is 0 Å². The molecular formula is C12H22O11. The molecule has 2 rings (SSSR count). The minimum Gasteiger partial charge on any atom is -0.394 e. The zero-order valence-corrected chi connectivity index (χ0v) is 12.0. The van der Waals surface area contributed by atoms with Gasteiger partial charge in [0.1, 0.15) is 48.8 Å². The van der Waals surface area contributed by atoms with Crippen LogP contribution >= 0.6 is 0 Å². The molecule has 0 aliphatic carbocycles. The Hall–Kier alpha value is -0.440. The highest BCUT2D eigenvalue weighted by Gasteiger charge is 2.50. The first-order valence-corrected chi connectivity index (χ1v) is 7.08. The maximum atomic E-state index is 9.94. The first-order valence-electron chi connectivity index (χ1n) is 7.08. The third-order valence-electron chi connectivity index (χ3n) is 3.98. The van der Waals surface area contributed by atoms with E-state index in [1.165, 1.54) is 0 Å². The number of rotatable bonds is 4. The molecule has 23 heavy (non-hydrogen) atoms. The monoisotopic (exact) mass is 342 g/mol. The maximum absolute atomic E-state index is 9.94. The predicted octanol–water partition coefficient (Wildman–Crippen LogP) is -5.40. The largest absolute Gasteiger partial charge is 0.394 e. The molecule has 0 aromatic rings. The van der Waals surface area contributed by atoms with Gasteiger partial charge in [0.25, 0.3) is 0 Å². The first kappa shape index (κ1) is 18.9. The predicted molar refractivity (Wildman–Crippen MR) is 68.6 cm³/mol. The summed E-state index contributed by atoms with van der Waals surface area (Å²) in [7, 11) is 0. The molecule has 0 unspecified atom stereocenters. The molecule has 2 aliphatic heterocycles. The standard InChI is InChI=1S/C12H22O11/c13-1-3-5(15)6(16)9(19)12(22-3)23-10-4(2-14)21-11(20)8(18)7(10)17/h3-20H,1-2H2/t3-,4+,5+,6-,7+,8+,9-,10+,11+,12+/m1/s1. The smallest absolute Gasteiger partial charge is 0.187 e. The van der Waals surface area contributed by atoms with Gasteiger partial charge in [0.05, 0.1) is 13.2 Å². The van der Waals surface area contributed by atoms with Crippen LogP contribution in [0.2, 0.25) is 0 Å². The van der Waals surface area contributed by atoms with Crippen LogP contribution in [0.1, 0.15) is 0 Å². The Labute approximate surface area is 130 Å². The van der Waals surface area contributed by atoms with Crippen LogP contribution in [0.5, 0.6) is 0 Å². The van der Waals surface area contributed by atoms with E-state index in [0.717, 1.165) is 0 Å². The molecule has 0 aromatic heterocycles. The third-order valence-corrected chi connectivity index (χ3v) is 3.98. The van der Waals surface area contributed by atoms with Gasteiger partial charge in [-0.25, -0.2) is 0 Å². The molecule has 0 spiro atoms. The highest BCUT2D eigenvalue weighted by Crippen LogP contribution is 2.28. The molecule has 10 atom stereocenters. The highest BCUT2D eigenvalue weighted by molar-refractivity contribution is 4.93. The molecule has 0 amide bonds. The topological polar surface area (TPSA) is 190 Å². The molecule has 0 radical (unpaired) electrons. The lowest BCUT2D eigenvalue weighted by Crippen LogP contribution is -2.64. The van der Waals surface area contributed by atoms with Crippen LogP contribution in [0.3, 0.4) is 0 Å². The summed E-state index contributed by atoms with van der Waals surface area (Å²) in [6.45, 7) is -1.35. The Bertz CT molecular complexity index is 378. The average molecular weight is 342 g/mol. The fourth-order valence-corrected chi connectivity index (χ4v) is 2.57. The number of aliphatic hydroxyl groups is 8. The van der Waals surface area contributed by atoms with Crippen molar-refractivity contribution in [1.29, 1.82) is 0 Å². The third kappa shape index (κ3) is 3.65. The Balaban J connectivity index is 2.11. The van der Waals surface area contributed by atoms with E-state index in [0.29, 0.717) is 0 Å². The van der Waals surface area contributed by atoms with Gasteiger partial charge in [-0.1, -0.05) is 0 Å². The van der Waals surface area contributed by atoms with E-state index in [1.54, 1.807) is 0 Å². The van der Waals surface area contributed by atoms with Crippen molar-refractivity contribution in [1.82, 2.24) is 0 Å². The van der Waals surface area contributed by atoms with Crippen LogP contribution in [0, 0.1) is 0 Å². The minimum absolute atomic E-state index is 0.667. The van der Waals surface area contributed by atoms with Crippen LogP contribution in [0.25, 0.3) is 0 Å². The van der Waals surface area contributed by atoms with Gasteiger partial charge in [-0.05, 0) is 0 Å². The van der Waals surface area contributed by atoms with Crippen molar-refractivity contribution in [3.8, 4) is 0 Å². The highest BCUT2D eigenvalue weighted by atomic mass is 16.7. The van der Waals surface area contributed by atoms with Crippen molar-refractivity contribution in [3.05, 3.63) is 0 Å². The van der Waals surface area contributed by atoms with Crippen molar-refractivity contribution < 1.29 is 55.1 Å². The summed E-state index contributed by atoms with van der Waals surface area (Å²) in [5.74, 6) is 0. The molecule has 0 aromatic carbocycles. The van der Waals surface area contributed by atoms with Crippen molar-refractivity contribution in [2.75, 3.05) is 13.2 Å². The van der Waals surface area contributed by atoms with E-state index in [9.17, 15) is 35.7 Å². The lowest BCUT2D eigenvalue weighted by molar-refractivity contribution is -0.355. The SMILES string of the molecule is OC[C@@H]1O[C@H](O)[C@@H](O)[C@H](O)[C@H]1O[C@@H]1O[C@H](CO)[C@H](O)[C@@H](O)[C@H]1O. The second-order valence-corrected chi connectivity index (χ2v) is 5.53. The van der Waals surface area contributed by atoms with Crippen LogP contribution in [0.4, 0.5) is 0 Å². The number of aliphatic hydroxyl groups excluding tert-OH is 8. The van der Waals surface area contributed by atoms with Gasteiger partial charge in [-0.2, -0.15) is 0 Å². The number of hydrogen-bond acceptors (Lipinski definition) is 11. The van der Waals surface area contributed by atoms with Crippen molar-refractivity contribution in [2.24, 2.45) is 0 Å². The quantitative estimate of drug-likeness (QED) is 0.243. The van der Waals surface area contributed by atoms with Gasteiger partial charge in [-0.15, -0.1) is 0 Å². The summed E-state index contributed by atoms with van der Waals surface area (Å²) >= 11 is 0. The number of ether oxygens (including phenoxy) is 3. The first-order chi connectivity index (χ1) is 10.8. The number of hydrogen-bond donors (Lipinski definition) is 8. The van der Waals surface area contributed by atoms with Gasteiger partial charge < -0.3 is 55.1 Å². The van der Waals surface area contributed by atoms with E-state index < -0.39 is 74.6 Å². The van der Waals surface area contributed by atoms with E-state index >= 15 is 0 Å². The Kier molecular flexibility index (Phi) is 6.27. The molecule has 0 saturated carbocycles. The van der Waals surface area contributed by atoms with Crippen molar-refractivity contribution in [3.63, 3.8) is 0 Å². The Morgan fingerprint density at radius 1 is 0.652 bits per heavy atom. The minimum atomic E-state index is -1.74. The maximum Gasteiger partial charge on any atom is 0.187 e. The molecule has 11 heteroatoms. The zero-order chi connectivity index (χ0) is 17.3. The van der Waals surface area contributed by atoms with Crippen LogP contribution in [0.15, 0.2) is 0 Å². The van der Waals surface area contributed by atoms with E-state index in [-0.39, 0.29) is 0 Å². The van der Waals surface area contributed by atoms with E-state index in [2.05, 4.69) is 0 Å². The van der Waals surface area contributed by atoms with E-state index in [4.69, 9.17) is 19.3 Å². The fraction of sp³-hybridized carbons (Fsp3) is 1.00. The van der Waals surface area contributed by atoms with Crippen LogP contribution in [-0.4, -0.2) is 115 Å². The molecule has 136 valence electrons.